The van der Waals surface area contributed by atoms with Crippen LogP contribution in [0.2, 0.25) is 5.02 Å². The summed E-state index contributed by atoms with van der Waals surface area (Å²) in [5.41, 5.74) is 0.751. The molecule has 0 bridgehead atoms. The zero-order chi connectivity index (χ0) is 14.6. The molecular weight excluding hydrogens is 302 g/mol. The molecular formula is C12H14ClN3O3S. The van der Waals surface area contributed by atoms with Crippen LogP contribution in [0.25, 0.3) is 11.4 Å². The summed E-state index contributed by atoms with van der Waals surface area (Å²) in [6, 6.07) is 6.96. The van der Waals surface area contributed by atoms with E-state index in [1.54, 1.807) is 31.2 Å². The van der Waals surface area contributed by atoms with Crippen LogP contribution in [0.15, 0.2) is 28.8 Å². The Labute approximate surface area is 122 Å². The summed E-state index contributed by atoms with van der Waals surface area (Å²) in [4.78, 5) is 4.13. The fourth-order valence-corrected chi connectivity index (χ4v) is 2.71. The van der Waals surface area contributed by atoms with Gasteiger partial charge in [0.1, 0.15) is 0 Å². The Morgan fingerprint density at radius 2 is 2.00 bits per heavy atom. The summed E-state index contributed by atoms with van der Waals surface area (Å²) in [6.45, 7) is 1.79. The van der Waals surface area contributed by atoms with E-state index in [2.05, 4.69) is 14.9 Å². The van der Waals surface area contributed by atoms with E-state index in [1.165, 1.54) is 0 Å². The molecule has 0 aliphatic carbocycles. The van der Waals surface area contributed by atoms with Crippen molar-refractivity contribution in [2.24, 2.45) is 0 Å². The van der Waals surface area contributed by atoms with Gasteiger partial charge in [-0.05, 0) is 30.7 Å². The van der Waals surface area contributed by atoms with E-state index in [9.17, 15) is 8.42 Å². The third-order valence-electron chi connectivity index (χ3n) is 2.49. The van der Waals surface area contributed by atoms with Crippen molar-refractivity contribution in [1.82, 2.24) is 14.9 Å². The van der Waals surface area contributed by atoms with Crippen LogP contribution in [0.4, 0.5) is 0 Å². The Morgan fingerprint density at radius 1 is 1.30 bits per heavy atom. The molecule has 0 saturated heterocycles. The number of halogens is 1. The standard InChI is InChI=1S/C12H14ClN3O3S/c1-2-7-20(17,18)14-8-11-15-12(16-19-11)9-3-5-10(13)6-4-9/h3-6,14H,2,7-8H2,1H3. The van der Waals surface area contributed by atoms with E-state index in [-0.39, 0.29) is 18.2 Å². The number of hydrogen-bond donors (Lipinski definition) is 1. The van der Waals surface area contributed by atoms with E-state index in [0.717, 1.165) is 5.56 Å². The van der Waals surface area contributed by atoms with Gasteiger partial charge in [-0.1, -0.05) is 23.7 Å². The van der Waals surface area contributed by atoms with Gasteiger partial charge in [-0.3, -0.25) is 0 Å². The SMILES string of the molecule is CCCS(=O)(=O)NCc1nc(-c2ccc(Cl)cc2)no1. The highest BCUT2D eigenvalue weighted by Gasteiger charge is 2.12. The molecule has 0 spiro atoms. The van der Waals surface area contributed by atoms with Crippen LogP contribution in [0.5, 0.6) is 0 Å². The summed E-state index contributed by atoms with van der Waals surface area (Å²) >= 11 is 5.79. The molecule has 108 valence electrons. The predicted molar refractivity (Wildman–Crippen MR) is 75.7 cm³/mol. The van der Waals surface area contributed by atoms with Crippen molar-refractivity contribution in [3.05, 3.63) is 35.2 Å². The maximum absolute atomic E-state index is 11.5. The Bertz CT molecular complexity index is 668. The molecule has 6 nitrogen and oxygen atoms in total. The third kappa shape index (κ3) is 4.03. The van der Waals surface area contributed by atoms with E-state index in [1.807, 2.05) is 0 Å². The number of benzene rings is 1. The van der Waals surface area contributed by atoms with Crippen molar-refractivity contribution in [1.29, 1.82) is 0 Å². The summed E-state index contributed by atoms with van der Waals surface area (Å²) in [5.74, 6) is 0.687. The largest absolute Gasteiger partial charge is 0.338 e. The van der Waals surface area contributed by atoms with Crippen molar-refractivity contribution in [3.8, 4) is 11.4 Å². The molecule has 1 N–H and O–H groups in total. The molecule has 2 aromatic rings. The summed E-state index contributed by atoms with van der Waals surface area (Å²) in [5, 5.41) is 4.41. The monoisotopic (exact) mass is 315 g/mol. The Kier molecular flexibility index (Phi) is 4.74. The van der Waals surface area contributed by atoms with Gasteiger partial charge in [0, 0.05) is 10.6 Å². The van der Waals surface area contributed by atoms with E-state index < -0.39 is 10.0 Å². The number of aromatic nitrogens is 2. The summed E-state index contributed by atoms with van der Waals surface area (Å²) in [7, 11) is -3.29. The van der Waals surface area contributed by atoms with E-state index >= 15 is 0 Å². The molecule has 2 rings (SSSR count). The number of hydrogen-bond acceptors (Lipinski definition) is 5. The van der Waals surface area contributed by atoms with Gasteiger partial charge in [-0.2, -0.15) is 4.98 Å². The molecule has 1 aromatic heterocycles. The topological polar surface area (TPSA) is 85.1 Å². The number of rotatable bonds is 6. The first-order valence-corrected chi connectivity index (χ1v) is 8.09. The van der Waals surface area contributed by atoms with Crippen molar-refractivity contribution in [2.45, 2.75) is 19.9 Å². The average molecular weight is 316 g/mol. The van der Waals surface area contributed by atoms with Gasteiger partial charge in [0.2, 0.25) is 21.7 Å². The van der Waals surface area contributed by atoms with Crippen molar-refractivity contribution in [3.63, 3.8) is 0 Å². The Hall–Kier alpha value is -1.44. The van der Waals surface area contributed by atoms with Crippen molar-refractivity contribution in [2.75, 3.05) is 5.75 Å². The fourth-order valence-electron chi connectivity index (χ4n) is 1.56. The number of sulfonamides is 1. The predicted octanol–water partition coefficient (Wildman–Crippen LogP) is 2.22. The van der Waals surface area contributed by atoms with Crippen LogP contribution in [0.1, 0.15) is 19.2 Å². The van der Waals surface area contributed by atoms with E-state index in [4.69, 9.17) is 16.1 Å². The first kappa shape index (κ1) is 15.0. The Balaban J connectivity index is 2.04. The van der Waals surface area contributed by atoms with E-state index in [0.29, 0.717) is 17.3 Å². The van der Waals surface area contributed by atoms with Gasteiger partial charge >= 0.3 is 0 Å². The highest BCUT2D eigenvalue weighted by molar-refractivity contribution is 7.89. The maximum Gasteiger partial charge on any atom is 0.242 e. The maximum atomic E-state index is 11.5. The molecule has 20 heavy (non-hydrogen) atoms. The molecule has 0 fully saturated rings. The molecule has 0 atom stereocenters. The second-order valence-corrected chi connectivity index (χ2v) is 6.52. The molecule has 0 aliphatic rings. The van der Waals surface area contributed by atoms with Gasteiger partial charge in [-0.25, -0.2) is 13.1 Å². The van der Waals surface area contributed by atoms with Gasteiger partial charge in [0.25, 0.3) is 0 Å². The highest BCUT2D eigenvalue weighted by Crippen LogP contribution is 2.18. The minimum absolute atomic E-state index is 0.0110. The van der Waals surface area contributed by atoms with Gasteiger partial charge in [0.05, 0.1) is 12.3 Å². The van der Waals surface area contributed by atoms with Crippen LogP contribution in [-0.2, 0) is 16.6 Å². The zero-order valence-electron chi connectivity index (χ0n) is 10.8. The lowest BCUT2D eigenvalue weighted by Gasteiger charge is -2.01. The average Bonchev–Trinajstić information content (AvgIpc) is 2.86. The van der Waals surface area contributed by atoms with Gasteiger partial charge < -0.3 is 4.52 Å². The van der Waals surface area contributed by atoms with Gasteiger partial charge in [0.15, 0.2) is 0 Å². The molecule has 0 aliphatic heterocycles. The van der Waals surface area contributed by atoms with Crippen LogP contribution < -0.4 is 4.72 Å². The Morgan fingerprint density at radius 3 is 2.65 bits per heavy atom. The lowest BCUT2D eigenvalue weighted by atomic mass is 10.2. The summed E-state index contributed by atoms with van der Waals surface area (Å²) in [6.07, 6.45) is 0.551. The number of nitrogens with zero attached hydrogens (tertiary/aromatic N) is 2. The summed E-state index contributed by atoms with van der Waals surface area (Å²) < 4.78 is 30.4. The molecule has 0 unspecified atom stereocenters. The molecule has 0 radical (unpaired) electrons. The second-order valence-electron chi connectivity index (χ2n) is 4.16. The first-order chi connectivity index (χ1) is 9.50. The molecule has 1 aromatic carbocycles. The van der Waals surface area contributed by atoms with Crippen molar-refractivity contribution < 1.29 is 12.9 Å². The molecule has 0 saturated carbocycles. The number of nitrogens with one attached hydrogen (secondary N) is 1. The normalized spacial score (nSPS) is 11.7. The van der Waals surface area contributed by atoms with Crippen LogP contribution in [-0.4, -0.2) is 24.3 Å². The quantitative estimate of drug-likeness (QED) is 0.883. The third-order valence-corrected chi connectivity index (χ3v) is 4.27. The fraction of sp³-hybridized carbons (Fsp3) is 0.333. The lowest BCUT2D eigenvalue weighted by molar-refractivity contribution is 0.376. The highest BCUT2D eigenvalue weighted by atomic mass is 35.5. The molecule has 1 heterocycles. The second kappa shape index (κ2) is 6.34. The minimum atomic E-state index is -3.29. The van der Waals surface area contributed by atoms with Crippen LogP contribution in [0, 0.1) is 0 Å². The smallest absolute Gasteiger partial charge is 0.242 e. The lowest BCUT2D eigenvalue weighted by Crippen LogP contribution is -2.25. The first-order valence-electron chi connectivity index (χ1n) is 6.06. The van der Waals surface area contributed by atoms with Crippen LogP contribution >= 0.6 is 11.6 Å². The molecule has 8 heteroatoms. The van der Waals surface area contributed by atoms with Gasteiger partial charge in [-0.15, -0.1) is 0 Å². The van der Waals surface area contributed by atoms with Crippen molar-refractivity contribution >= 4 is 21.6 Å². The molecule has 0 amide bonds. The zero-order valence-corrected chi connectivity index (χ0v) is 12.4. The van der Waals surface area contributed by atoms with Crippen LogP contribution in [0.3, 0.4) is 0 Å². The minimum Gasteiger partial charge on any atom is -0.338 e.